The van der Waals surface area contributed by atoms with E-state index in [4.69, 9.17) is 4.74 Å². The highest BCUT2D eigenvalue weighted by molar-refractivity contribution is 5.99. The van der Waals surface area contributed by atoms with Crippen molar-refractivity contribution in [2.75, 3.05) is 10.6 Å². The van der Waals surface area contributed by atoms with Gasteiger partial charge in [-0.05, 0) is 69.7 Å². The van der Waals surface area contributed by atoms with E-state index in [1.54, 1.807) is 41.9 Å². The summed E-state index contributed by atoms with van der Waals surface area (Å²) in [6.45, 7) is 7.62. The Bertz CT molecular complexity index is 1420. The van der Waals surface area contributed by atoms with Gasteiger partial charge in [0.25, 0.3) is 0 Å². The second kappa shape index (κ2) is 9.45. The van der Waals surface area contributed by atoms with E-state index in [1.165, 1.54) is 0 Å². The molecule has 35 heavy (non-hydrogen) atoms. The number of carbonyl (C=O) groups is 1. The van der Waals surface area contributed by atoms with Crippen LogP contribution in [0.5, 0.6) is 11.6 Å². The summed E-state index contributed by atoms with van der Waals surface area (Å²) in [5.74, 6) is -2.68. The molecule has 0 saturated carbocycles. The van der Waals surface area contributed by atoms with E-state index in [0.29, 0.717) is 29.0 Å². The molecular formula is C24H21F3N6O2. The van der Waals surface area contributed by atoms with E-state index in [1.807, 2.05) is 20.8 Å². The highest BCUT2D eigenvalue weighted by atomic mass is 19.2. The Morgan fingerprint density at radius 2 is 1.63 bits per heavy atom. The predicted octanol–water partition coefficient (Wildman–Crippen LogP) is 5.75. The number of aromatic nitrogens is 4. The van der Waals surface area contributed by atoms with Gasteiger partial charge in [-0.2, -0.15) is 10.1 Å². The number of rotatable bonds is 5. The van der Waals surface area contributed by atoms with Crippen molar-refractivity contribution in [1.29, 1.82) is 0 Å². The van der Waals surface area contributed by atoms with Crippen LogP contribution in [0.4, 0.5) is 29.3 Å². The summed E-state index contributed by atoms with van der Waals surface area (Å²) < 4.78 is 47.7. The Kier molecular flexibility index (Phi) is 6.41. The third-order valence-corrected chi connectivity index (χ3v) is 5.29. The van der Waals surface area contributed by atoms with Crippen LogP contribution in [0.1, 0.15) is 22.8 Å². The highest BCUT2D eigenvalue weighted by Crippen LogP contribution is 2.25. The van der Waals surface area contributed by atoms with Crippen LogP contribution in [0.3, 0.4) is 0 Å². The van der Waals surface area contributed by atoms with Crippen molar-refractivity contribution in [3.8, 4) is 17.4 Å². The lowest BCUT2D eigenvalue weighted by Crippen LogP contribution is -2.20. The van der Waals surface area contributed by atoms with Gasteiger partial charge in [-0.3, -0.25) is 0 Å². The molecule has 2 heterocycles. The topological polar surface area (TPSA) is 94.0 Å². The van der Waals surface area contributed by atoms with Crippen molar-refractivity contribution >= 4 is 17.4 Å². The number of aryl methyl sites for hydroxylation is 2. The molecule has 0 unspecified atom stereocenters. The summed E-state index contributed by atoms with van der Waals surface area (Å²) >= 11 is 0. The van der Waals surface area contributed by atoms with E-state index in [2.05, 4.69) is 25.7 Å². The monoisotopic (exact) mass is 482 g/mol. The number of benzene rings is 2. The molecule has 4 rings (SSSR count). The first-order valence-electron chi connectivity index (χ1n) is 10.5. The summed E-state index contributed by atoms with van der Waals surface area (Å²) in [6, 6.07) is 8.77. The Balaban J connectivity index is 1.45. The lowest BCUT2D eigenvalue weighted by atomic mass is 10.2. The smallest absolute Gasteiger partial charge is 0.323 e. The van der Waals surface area contributed by atoms with Gasteiger partial charge in [-0.15, -0.1) is 0 Å². The summed E-state index contributed by atoms with van der Waals surface area (Å²) in [4.78, 5) is 20.9. The number of anilines is 2. The van der Waals surface area contributed by atoms with Gasteiger partial charge in [0.15, 0.2) is 23.3 Å². The van der Waals surface area contributed by atoms with Gasteiger partial charge >= 0.3 is 6.03 Å². The molecule has 2 aromatic heterocycles. The largest absolute Gasteiger partial charge is 0.439 e. The molecule has 11 heteroatoms. The molecule has 0 fully saturated rings. The first-order valence-corrected chi connectivity index (χ1v) is 10.5. The van der Waals surface area contributed by atoms with Crippen LogP contribution < -0.4 is 15.4 Å². The molecule has 0 aliphatic carbocycles. The van der Waals surface area contributed by atoms with Crippen LogP contribution in [0.2, 0.25) is 0 Å². The molecule has 2 amide bonds. The molecule has 8 nitrogen and oxygen atoms in total. The van der Waals surface area contributed by atoms with Gasteiger partial charge in [-0.1, -0.05) is 0 Å². The Labute approximate surface area is 198 Å². The van der Waals surface area contributed by atoms with E-state index in [0.717, 1.165) is 29.1 Å². The van der Waals surface area contributed by atoms with Crippen molar-refractivity contribution in [1.82, 2.24) is 19.7 Å². The standard InChI is InChI=1S/C24H21F3N6O2/c1-12-13(2)32-33(14(12)3)20-11-21(29-15(4)28-20)35-17-7-5-16(6-8-17)30-24(34)31-19-10-9-18(25)22(26)23(19)27/h5-11H,1-4H3,(H2,30,31,34). The van der Waals surface area contributed by atoms with Crippen LogP contribution in [0.25, 0.3) is 5.82 Å². The fraction of sp³-hybridized carbons (Fsp3) is 0.167. The van der Waals surface area contributed by atoms with Crippen LogP contribution in [-0.4, -0.2) is 25.8 Å². The van der Waals surface area contributed by atoms with E-state index in [9.17, 15) is 18.0 Å². The molecule has 0 spiro atoms. The first kappa shape index (κ1) is 23.7. The van der Waals surface area contributed by atoms with Crippen molar-refractivity contribution < 1.29 is 22.7 Å². The summed E-state index contributed by atoms with van der Waals surface area (Å²) in [7, 11) is 0. The lowest BCUT2D eigenvalue weighted by Gasteiger charge is -2.11. The number of carbonyl (C=O) groups excluding carboxylic acids is 1. The van der Waals surface area contributed by atoms with E-state index < -0.39 is 29.2 Å². The zero-order valence-corrected chi connectivity index (χ0v) is 19.3. The van der Waals surface area contributed by atoms with Gasteiger partial charge in [0.2, 0.25) is 5.88 Å². The molecule has 2 aromatic carbocycles. The third kappa shape index (κ3) is 5.08. The summed E-state index contributed by atoms with van der Waals surface area (Å²) in [6.07, 6.45) is 0. The van der Waals surface area contributed by atoms with Crippen molar-refractivity contribution in [3.05, 3.63) is 82.7 Å². The number of nitrogens with zero attached hydrogens (tertiary/aromatic N) is 4. The SMILES string of the molecule is Cc1nc(Oc2ccc(NC(=O)Nc3ccc(F)c(F)c3F)cc2)cc(-n2nc(C)c(C)c2C)n1. The second-order valence-corrected chi connectivity index (χ2v) is 7.75. The van der Waals surface area contributed by atoms with Gasteiger partial charge < -0.3 is 15.4 Å². The quantitative estimate of drug-likeness (QED) is 0.353. The van der Waals surface area contributed by atoms with E-state index in [-0.39, 0.29) is 0 Å². The molecular weight excluding hydrogens is 461 g/mol. The Hall–Kier alpha value is -4.41. The number of halogens is 3. The summed E-state index contributed by atoms with van der Waals surface area (Å²) in [5.41, 5.74) is 2.80. The molecule has 0 aliphatic rings. The molecule has 0 bridgehead atoms. The minimum absolute atomic E-state index is 0.310. The number of ether oxygens (including phenoxy) is 1. The normalized spacial score (nSPS) is 10.8. The lowest BCUT2D eigenvalue weighted by molar-refractivity contribution is 0.262. The maximum atomic E-state index is 13.7. The molecule has 0 saturated heterocycles. The van der Waals surface area contributed by atoms with E-state index >= 15 is 0 Å². The summed E-state index contributed by atoms with van der Waals surface area (Å²) in [5, 5.41) is 9.12. The minimum atomic E-state index is -1.67. The van der Waals surface area contributed by atoms with Crippen molar-refractivity contribution in [3.63, 3.8) is 0 Å². The number of amides is 2. The van der Waals surface area contributed by atoms with Crippen LogP contribution in [0, 0.1) is 45.1 Å². The average Bonchev–Trinajstić information content (AvgIpc) is 3.07. The van der Waals surface area contributed by atoms with Gasteiger partial charge in [0.05, 0.1) is 11.4 Å². The van der Waals surface area contributed by atoms with Crippen LogP contribution in [-0.2, 0) is 0 Å². The maximum absolute atomic E-state index is 13.7. The third-order valence-electron chi connectivity index (χ3n) is 5.29. The van der Waals surface area contributed by atoms with Crippen molar-refractivity contribution in [2.45, 2.75) is 27.7 Å². The zero-order valence-electron chi connectivity index (χ0n) is 19.3. The van der Waals surface area contributed by atoms with Crippen molar-refractivity contribution in [2.24, 2.45) is 0 Å². The first-order chi connectivity index (χ1) is 16.6. The Morgan fingerprint density at radius 1 is 0.914 bits per heavy atom. The van der Waals surface area contributed by atoms with Gasteiger partial charge in [-0.25, -0.2) is 27.6 Å². The minimum Gasteiger partial charge on any atom is -0.439 e. The maximum Gasteiger partial charge on any atom is 0.323 e. The van der Waals surface area contributed by atoms with Crippen LogP contribution in [0.15, 0.2) is 42.5 Å². The van der Waals surface area contributed by atoms with Gasteiger partial charge in [0.1, 0.15) is 11.6 Å². The number of hydrogen-bond acceptors (Lipinski definition) is 5. The van der Waals surface area contributed by atoms with Crippen LogP contribution >= 0.6 is 0 Å². The predicted molar refractivity (Wildman–Crippen MR) is 124 cm³/mol. The fourth-order valence-electron chi connectivity index (χ4n) is 3.26. The molecule has 0 aliphatic heterocycles. The molecule has 0 atom stereocenters. The second-order valence-electron chi connectivity index (χ2n) is 7.75. The number of nitrogens with one attached hydrogen (secondary N) is 2. The molecule has 180 valence electrons. The fourth-order valence-corrected chi connectivity index (χ4v) is 3.26. The highest BCUT2D eigenvalue weighted by Gasteiger charge is 2.16. The Morgan fingerprint density at radius 3 is 2.29 bits per heavy atom. The van der Waals surface area contributed by atoms with Gasteiger partial charge in [0, 0.05) is 17.4 Å². The number of hydrogen-bond donors (Lipinski definition) is 2. The molecule has 2 N–H and O–H groups in total. The molecule has 0 radical (unpaired) electrons. The zero-order chi connectivity index (χ0) is 25.3. The number of urea groups is 1. The average molecular weight is 482 g/mol. The molecule has 4 aromatic rings.